The first kappa shape index (κ1) is 15.3. The summed E-state index contributed by atoms with van der Waals surface area (Å²) in [6, 6.07) is 3.57. The molecular weight excluding hydrogens is 266 g/mol. The minimum absolute atomic E-state index is 0.0624. The highest BCUT2D eigenvalue weighted by atomic mass is 35.5. The third kappa shape index (κ3) is 4.42. The van der Waals surface area contributed by atoms with Crippen molar-refractivity contribution < 1.29 is 9.90 Å². The van der Waals surface area contributed by atoms with Crippen LogP contribution in [0.4, 0.5) is 5.82 Å². The van der Waals surface area contributed by atoms with Gasteiger partial charge in [-0.25, -0.2) is 4.98 Å². The highest BCUT2D eigenvalue weighted by Crippen LogP contribution is 2.26. The van der Waals surface area contributed by atoms with Crippen molar-refractivity contribution in [3.63, 3.8) is 0 Å². The topological polar surface area (TPSA) is 86.0 Å². The van der Waals surface area contributed by atoms with Crippen LogP contribution in [0, 0.1) is 18.3 Å². The van der Waals surface area contributed by atoms with Crippen LogP contribution in [0.3, 0.4) is 0 Å². The van der Waals surface area contributed by atoms with Crippen molar-refractivity contribution in [1.29, 1.82) is 5.26 Å². The molecule has 2 N–H and O–H groups in total. The molecule has 19 heavy (non-hydrogen) atoms. The van der Waals surface area contributed by atoms with Gasteiger partial charge in [0.05, 0.1) is 16.3 Å². The lowest BCUT2D eigenvalue weighted by molar-refractivity contribution is -0.137. The SMILES string of the molecule is Cc1nc(NC(C)(C)CCC(=O)O)c(Cl)cc1C#N. The summed E-state index contributed by atoms with van der Waals surface area (Å²) in [5, 5.41) is 21.1. The Labute approximate surface area is 117 Å². The molecule has 6 heteroatoms. The second-order valence-corrected chi connectivity index (χ2v) is 5.37. The number of nitrogens with zero attached hydrogens (tertiary/aromatic N) is 2. The van der Waals surface area contributed by atoms with Crippen LogP contribution in [0.1, 0.15) is 37.9 Å². The molecule has 0 bridgehead atoms. The van der Waals surface area contributed by atoms with Crippen LogP contribution in [0.25, 0.3) is 0 Å². The number of rotatable bonds is 5. The number of pyridine rings is 1. The van der Waals surface area contributed by atoms with Crippen LogP contribution in [-0.2, 0) is 4.79 Å². The predicted molar refractivity (Wildman–Crippen MR) is 73.3 cm³/mol. The Morgan fingerprint density at radius 1 is 1.63 bits per heavy atom. The number of hydrogen-bond donors (Lipinski definition) is 2. The fourth-order valence-electron chi connectivity index (χ4n) is 1.58. The summed E-state index contributed by atoms with van der Waals surface area (Å²) in [7, 11) is 0. The number of aliphatic carboxylic acids is 1. The van der Waals surface area contributed by atoms with E-state index in [1.165, 1.54) is 0 Å². The Balaban J connectivity index is 2.90. The van der Waals surface area contributed by atoms with Crippen LogP contribution >= 0.6 is 11.6 Å². The van der Waals surface area contributed by atoms with E-state index in [1.807, 2.05) is 19.9 Å². The van der Waals surface area contributed by atoms with E-state index in [9.17, 15) is 4.79 Å². The number of nitrogens with one attached hydrogen (secondary N) is 1. The molecule has 5 nitrogen and oxygen atoms in total. The highest BCUT2D eigenvalue weighted by molar-refractivity contribution is 6.33. The number of halogens is 1. The van der Waals surface area contributed by atoms with Crippen molar-refractivity contribution >= 4 is 23.4 Å². The normalized spacial score (nSPS) is 10.9. The largest absolute Gasteiger partial charge is 0.481 e. The molecule has 0 unspecified atom stereocenters. The Kier molecular flexibility index (Phi) is 4.73. The summed E-state index contributed by atoms with van der Waals surface area (Å²) in [4.78, 5) is 14.8. The molecule has 0 radical (unpaired) electrons. The summed E-state index contributed by atoms with van der Waals surface area (Å²) in [5.41, 5.74) is 0.567. The minimum atomic E-state index is -0.843. The summed E-state index contributed by atoms with van der Waals surface area (Å²) in [6.45, 7) is 5.48. The van der Waals surface area contributed by atoms with E-state index in [4.69, 9.17) is 22.0 Å². The molecule has 0 spiro atoms. The molecular formula is C13H16ClN3O2. The van der Waals surface area contributed by atoms with Gasteiger partial charge in [0.1, 0.15) is 11.9 Å². The third-order valence-electron chi connectivity index (χ3n) is 2.71. The summed E-state index contributed by atoms with van der Waals surface area (Å²) >= 11 is 6.06. The van der Waals surface area contributed by atoms with Gasteiger partial charge in [0.25, 0.3) is 0 Å². The van der Waals surface area contributed by atoms with Gasteiger partial charge in [0, 0.05) is 12.0 Å². The highest BCUT2D eigenvalue weighted by Gasteiger charge is 2.21. The average molecular weight is 282 g/mol. The van der Waals surface area contributed by atoms with Crippen molar-refractivity contribution in [2.24, 2.45) is 0 Å². The van der Waals surface area contributed by atoms with E-state index in [2.05, 4.69) is 10.3 Å². The first-order chi connectivity index (χ1) is 8.75. The molecule has 0 aliphatic heterocycles. The van der Waals surface area contributed by atoms with Gasteiger partial charge in [-0.15, -0.1) is 0 Å². The molecule has 0 amide bonds. The molecule has 102 valence electrons. The second-order valence-electron chi connectivity index (χ2n) is 4.97. The van der Waals surface area contributed by atoms with Gasteiger partial charge in [-0.05, 0) is 33.3 Å². The number of nitriles is 1. The maximum absolute atomic E-state index is 10.6. The lowest BCUT2D eigenvalue weighted by Crippen LogP contribution is -2.32. The van der Waals surface area contributed by atoms with Crippen molar-refractivity contribution in [2.45, 2.75) is 39.2 Å². The molecule has 0 aromatic carbocycles. The van der Waals surface area contributed by atoms with Gasteiger partial charge in [-0.3, -0.25) is 4.79 Å². The molecule has 1 aromatic rings. The lowest BCUT2D eigenvalue weighted by Gasteiger charge is -2.27. The maximum atomic E-state index is 10.6. The molecule has 0 aliphatic rings. The monoisotopic (exact) mass is 281 g/mol. The van der Waals surface area contributed by atoms with Crippen LogP contribution in [0.15, 0.2) is 6.07 Å². The Morgan fingerprint density at radius 2 is 2.26 bits per heavy atom. The number of carbonyl (C=O) groups is 1. The fourth-order valence-corrected chi connectivity index (χ4v) is 1.78. The first-order valence-corrected chi connectivity index (χ1v) is 6.20. The van der Waals surface area contributed by atoms with Crippen LogP contribution in [0.2, 0.25) is 5.02 Å². The zero-order valence-corrected chi connectivity index (χ0v) is 11.9. The fraction of sp³-hybridized carbons (Fsp3) is 0.462. The van der Waals surface area contributed by atoms with Crippen molar-refractivity contribution in [1.82, 2.24) is 4.98 Å². The lowest BCUT2D eigenvalue weighted by atomic mass is 9.98. The summed E-state index contributed by atoms with van der Waals surface area (Å²) < 4.78 is 0. The number of aromatic nitrogens is 1. The molecule has 1 heterocycles. The maximum Gasteiger partial charge on any atom is 0.303 e. The van der Waals surface area contributed by atoms with E-state index in [0.29, 0.717) is 28.5 Å². The molecule has 0 saturated carbocycles. The molecule has 1 rings (SSSR count). The van der Waals surface area contributed by atoms with E-state index in [0.717, 1.165) is 0 Å². The summed E-state index contributed by atoms with van der Waals surface area (Å²) in [5.74, 6) is -0.376. The standard InChI is InChI=1S/C13H16ClN3O2/c1-8-9(7-15)6-10(14)12(16-8)17-13(2,3)5-4-11(18)19/h6H,4-5H2,1-3H3,(H,16,17)(H,18,19). The number of anilines is 1. The number of aryl methyl sites for hydroxylation is 1. The smallest absolute Gasteiger partial charge is 0.303 e. The van der Waals surface area contributed by atoms with E-state index >= 15 is 0 Å². The van der Waals surface area contributed by atoms with Crippen molar-refractivity contribution in [3.05, 3.63) is 22.3 Å². The molecule has 0 atom stereocenters. The van der Waals surface area contributed by atoms with Gasteiger partial charge >= 0.3 is 5.97 Å². The number of carboxylic acids is 1. The van der Waals surface area contributed by atoms with E-state index in [-0.39, 0.29) is 6.42 Å². The van der Waals surface area contributed by atoms with Gasteiger partial charge < -0.3 is 10.4 Å². The van der Waals surface area contributed by atoms with E-state index < -0.39 is 11.5 Å². The molecule has 1 aromatic heterocycles. The third-order valence-corrected chi connectivity index (χ3v) is 3.00. The quantitative estimate of drug-likeness (QED) is 0.866. The van der Waals surface area contributed by atoms with Gasteiger partial charge in [0.2, 0.25) is 0 Å². The number of carboxylic acid groups (broad SMARTS) is 1. The Bertz CT molecular complexity index is 535. The predicted octanol–water partition coefficient (Wildman–Crippen LogP) is 2.97. The molecule has 0 aliphatic carbocycles. The Morgan fingerprint density at radius 3 is 2.79 bits per heavy atom. The van der Waals surface area contributed by atoms with E-state index in [1.54, 1.807) is 13.0 Å². The molecule has 0 saturated heterocycles. The van der Waals surface area contributed by atoms with Gasteiger partial charge in [0.15, 0.2) is 0 Å². The molecule has 0 fully saturated rings. The average Bonchev–Trinajstić information content (AvgIpc) is 2.31. The Hall–Kier alpha value is -1.80. The van der Waals surface area contributed by atoms with Gasteiger partial charge in [-0.2, -0.15) is 5.26 Å². The van der Waals surface area contributed by atoms with Gasteiger partial charge in [-0.1, -0.05) is 11.6 Å². The van der Waals surface area contributed by atoms with Crippen molar-refractivity contribution in [2.75, 3.05) is 5.32 Å². The van der Waals surface area contributed by atoms with Crippen molar-refractivity contribution in [3.8, 4) is 6.07 Å². The minimum Gasteiger partial charge on any atom is -0.481 e. The summed E-state index contributed by atoms with van der Waals surface area (Å²) in [6.07, 6.45) is 0.506. The van der Waals surface area contributed by atoms with Crippen LogP contribution in [0.5, 0.6) is 0 Å². The van der Waals surface area contributed by atoms with Crippen LogP contribution in [-0.4, -0.2) is 21.6 Å². The zero-order valence-electron chi connectivity index (χ0n) is 11.1. The van der Waals surface area contributed by atoms with Crippen LogP contribution < -0.4 is 5.32 Å². The second kappa shape index (κ2) is 5.89. The number of hydrogen-bond acceptors (Lipinski definition) is 4. The zero-order chi connectivity index (χ0) is 14.6. The first-order valence-electron chi connectivity index (χ1n) is 5.82.